The number of nitrogens with two attached hydrogens (primary N) is 1. The predicted molar refractivity (Wildman–Crippen MR) is 88.7 cm³/mol. The molecule has 1 heterocycles. The van der Waals surface area contributed by atoms with Crippen molar-refractivity contribution >= 4 is 11.9 Å². The number of anilines is 1. The molecule has 0 bridgehead atoms. The standard InChI is InChI=1S/C17H19N5O/c1-2-3-10-22(11-9-18)17-20-14(12-15(21-17)16(19)23)13-7-5-4-6-8-13/h4-8,12H,2-3,10-11H2,1H3,(H2,19,23). The second-order valence-electron chi connectivity index (χ2n) is 5.10. The molecule has 6 nitrogen and oxygen atoms in total. The van der Waals surface area contributed by atoms with E-state index in [2.05, 4.69) is 23.0 Å². The van der Waals surface area contributed by atoms with Crippen LogP contribution in [-0.4, -0.2) is 29.0 Å². The molecule has 2 N–H and O–H groups in total. The molecule has 0 saturated heterocycles. The molecular weight excluding hydrogens is 290 g/mol. The summed E-state index contributed by atoms with van der Waals surface area (Å²) in [6, 6.07) is 13.2. The highest BCUT2D eigenvalue weighted by Crippen LogP contribution is 2.20. The van der Waals surface area contributed by atoms with Gasteiger partial charge in [0.15, 0.2) is 0 Å². The molecule has 0 spiro atoms. The zero-order valence-electron chi connectivity index (χ0n) is 13.1. The van der Waals surface area contributed by atoms with E-state index in [4.69, 9.17) is 11.0 Å². The molecule has 1 aromatic carbocycles. The van der Waals surface area contributed by atoms with E-state index in [-0.39, 0.29) is 12.2 Å². The lowest BCUT2D eigenvalue weighted by Crippen LogP contribution is -2.28. The first-order valence-electron chi connectivity index (χ1n) is 7.52. The van der Waals surface area contributed by atoms with Crippen LogP contribution in [0, 0.1) is 11.3 Å². The van der Waals surface area contributed by atoms with Gasteiger partial charge in [-0.25, -0.2) is 9.97 Å². The average molecular weight is 309 g/mol. The van der Waals surface area contributed by atoms with Crippen molar-refractivity contribution in [3.8, 4) is 17.3 Å². The quantitative estimate of drug-likeness (QED) is 0.792. The number of primary amides is 1. The number of carbonyl (C=O) groups excluding carboxylic acids is 1. The summed E-state index contributed by atoms with van der Waals surface area (Å²) in [6.07, 6.45) is 1.90. The Kier molecular flexibility index (Phi) is 5.64. The van der Waals surface area contributed by atoms with Gasteiger partial charge in [-0.3, -0.25) is 4.79 Å². The Bertz CT molecular complexity index is 709. The van der Waals surface area contributed by atoms with Crippen molar-refractivity contribution in [2.45, 2.75) is 19.8 Å². The van der Waals surface area contributed by atoms with Gasteiger partial charge in [0.25, 0.3) is 5.91 Å². The van der Waals surface area contributed by atoms with Crippen molar-refractivity contribution in [3.63, 3.8) is 0 Å². The van der Waals surface area contributed by atoms with Crippen molar-refractivity contribution in [3.05, 3.63) is 42.1 Å². The van der Waals surface area contributed by atoms with Crippen molar-refractivity contribution in [1.29, 1.82) is 5.26 Å². The molecule has 2 aromatic rings. The number of hydrogen-bond acceptors (Lipinski definition) is 5. The van der Waals surface area contributed by atoms with Gasteiger partial charge in [0.1, 0.15) is 12.2 Å². The van der Waals surface area contributed by atoms with Gasteiger partial charge in [0.05, 0.1) is 11.8 Å². The van der Waals surface area contributed by atoms with E-state index in [1.807, 2.05) is 30.3 Å². The second kappa shape index (κ2) is 7.90. The van der Waals surface area contributed by atoms with Gasteiger partial charge in [0, 0.05) is 12.1 Å². The molecule has 2 rings (SSSR count). The zero-order chi connectivity index (χ0) is 16.7. The fourth-order valence-electron chi connectivity index (χ4n) is 2.14. The topological polar surface area (TPSA) is 95.9 Å². The third kappa shape index (κ3) is 4.27. The van der Waals surface area contributed by atoms with Gasteiger partial charge < -0.3 is 10.6 Å². The van der Waals surface area contributed by atoms with Crippen LogP contribution in [0.25, 0.3) is 11.3 Å². The molecule has 0 fully saturated rings. The molecule has 0 atom stereocenters. The van der Waals surface area contributed by atoms with Crippen LogP contribution in [0.5, 0.6) is 0 Å². The van der Waals surface area contributed by atoms with E-state index in [9.17, 15) is 4.79 Å². The number of nitriles is 1. The van der Waals surface area contributed by atoms with Gasteiger partial charge in [0.2, 0.25) is 5.95 Å². The highest BCUT2D eigenvalue weighted by atomic mass is 16.1. The van der Waals surface area contributed by atoms with Gasteiger partial charge in [-0.2, -0.15) is 5.26 Å². The zero-order valence-corrected chi connectivity index (χ0v) is 13.1. The summed E-state index contributed by atoms with van der Waals surface area (Å²) >= 11 is 0. The van der Waals surface area contributed by atoms with Crippen molar-refractivity contribution in [1.82, 2.24) is 9.97 Å². The minimum absolute atomic E-state index is 0.147. The van der Waals surface area contributed by atoms with E-state index in [1.165, 1.54) is 0 Å². The molecule has 0 saturated carbocycles. The molecule has 0 aliphatic rings. The molecule has 23 heavy (non-hydrogen) atoms. The minimum atomic E-state index is -0.613. The molecule has 0 radical (unpaired) electrons. The first kappa shape index (κ1) is 16.4. The molecule has 118 valence electrons. The summed E-state index contributed by atoms with van der Waals surface area (Å²) < 4.78 is 0. The highest BCUT2D eigenvalue weighted by Gasteiger charge is 2.15. The lowest BCUT2D eigenvalue weighted by molar-refractivity contribution is 0.0995. The van der Waals surface area contributed by atoms with E-state index >= 15 is 0 Å². The van der Waals surface area contributed by atoms with Gasteiger partial charge in [-0.05, 0) is 12.5 Å². The van der Waals surface area contributed by atoms with Gasteiger partial charge >= 0.3 is 0 Å². The predicted octanol–water partition coefficient (Wildman–Crippen LogP) is 2.37. The lowest BCUT2D eigenvalue weighted by atomic mass is 10.1. The third-order valence-electron chi connectivity index (χ3n) is 3.36. The SMILES string of the molecule is CCCCN(CC#N)c1nc(C(N)=O)cc(-c2ccccc2)n1. The normalized spacial score (nSPS) is 10.1. The summed E-state index contributed by atoms with van der Waals surface area (Å²) in [5, 5.41) is 9.02. The highest BCUT2D eigenvalue weighted by molar-refractivity contribution is 5.92. The molecular formula is C17H19N5O. The smallest absolute Gasteiger partial charge is 0.267 e. The van der Waals surface area contributed by atoms with Crippen molar-refractivity contribution in [2.24, 2.45) is 5.73 Å². The lowest BCUT2D eigenvalue weighted by Gasteiger charge is -2.20. The maximum Gasteiger partial charge on any atom is 0.267 e. The van der Waals surface area contributed by atoms with Crippen LogP contribution in [0.15, 0.2) is 36.4 Å². The molecule has 6 heteroatoms. The fraction of sp³-hybridized carbons (Fsp3) is 0.294. The van der Waals surface area contributed by atoms with Crippen LogP contribution in [0.4, 0.5) is 5.95 Å². The molecule has 1 aromatic heterocycles. The van der Waals surface area contributed by atoms with Gasteiger partial charge in [-0.1, -0.05) is 43.7 Å². The Morgan fingerprint density at radius 3 is 2.65 bits per heavy atom. The van der Waals surface area contributed by atoms with E-state index in [0.717, 1.165) is 18.4 Å². The van der Waals surface area contributed by atoms with E-state index in [0.29, 0.717) is 18.2 Å². The monoisotopic (exact) mass is 309 g/mol. The van der Waals surface area contributed by atoms with Crippen LogP contribution in [0.3, 0.4) is 0 Å². The largest absolute Gasteiger partial charge is 0.364 e. The number of benzene rings is 1. The maximum atomic E-state index is 11.6. The Balaban J connectivity index is 2.47. The number of unbranched alkanes of at least 4 members (excludes halogenated alkanes) is 1. The first-order chi connectivity index (χ1) is 11.2. The molecule has 0 aliphatic heterocycles. The molecule has 1 amide bonds. The second-order valence-corrected chi connectivity index (χ2v) is 5.10. The molecule has 0 unspecified atom stereocenters. The molecule has 0 aliphatic carbocycles. The number of amides is 1. The van der Waals surface area contributed by atoms with E-state index < -0.39 is 5.91 Å². The Hall–Kier alpha value is -2.94. The number of hydrogen-bond donors (Lipinski definition) is 1. The third-order valence-corrected chi connectivity index (χ3v) is 3.36. The van der Waals surface area contributed by atoms with Gasteiger partial charge in [-0.15, -0.1) is 0 Å². The van der Waals surface area contributed by atoms with E-state index in [1.54, 1.807) is 11.0 Å². The Morgan fingerprint density at radius 2 is 2.04 bits per heavy atom. The van der Waals surface area contributed by atoms with Crippen LogP contribution in [0.1, 0.15) is 30.3 Å². The summed E-state index contributed by atoms with van der Waals surface area (Å²) in [6.45, 7) is 2.89. The summed E-state index contributed by atoms with van der Waals surface area (Å²) in [5.74, 6) is -0.256. The minimum Gasteiger partial charge on any atom is -0.364 e. The van der Waals surface area contributed by atoms with Crippen LogP contribution in [0.2, 0.25) is 0 Å². The summed E-state index contributed by atoms with van der Waals surface area (Å²) in [5.41, 5.74) is 7.02. The fourth-order valence-corrected chi connectivity index (χ4v) is 2.14. The Labute approximate surface area is 135 Å². The number of rotatable bonds is 7. The van der Waals surface area contributed by atoms with Crippen LogP contribution >= 0.6 is 0 Å². The van der Waals surface area contributed by atoms with Crippen molar-refractivity contribution < 1.29 is 4.79 Å². The average Bonchev–Trinajstić information content (AvgIpc) is 2.59. The number of carbonyl (C=O) groups is 1. The summed E-state index contributed by atoms with van der Waals surface area (Å²) in [7, 11) is 0. The van der Waals surface area contributed by atoms with Crippen LogP contribution in [-0.2, 0) is 0 Å². The summed E-state index contributed by atoms with van der Waals surface area (Å²) in [4.78, 5) is 22.1. The first-order valence-corrected chi connectivity index (χ1v) is 7.52. The number of aromatic nitrogens is 2. The maximum absolute atomic E-state index is 11.6. The number of nitrogens with zero attached hydrogens (tertiary/aromatic N) is 4. The Morgan fingerprint density at radius 1 is 1.30 bits per heavy atom. The van der Waals surface area contributed by atoms with Crippen molar-refractivity contribution in [2.75, 3.05) is 18.0 Å². The van der Waals surface area contributed by atoms with Crippen LogP contribution < -0.4 is 10.6 Å².